The first-order valence-corrected chi connectivity index (χ1v) is 8.46. The van der Waals surface area contributed by atoms with Gasteiger partial charge in [0.1, 0.15) is 5.75 Å². The first-order valence-electron chi connectivity index (χ1n) is 6.30. The Balaban J connectivity index is 2.06. The zero-order valence-electron chi connectivity index (χ0n) is 11.6. The highest BCUT2D eigenvalue weighted by Crippen LogP contribution is 2.25. The Morgan fingerprint density at radius 1 is 1.18 bits per heavy atom. The number of aromatic hydroxyl groups is 1. The normalized spacial score (nSPS) is 10.7. The number of nitrogens with one attached hydrogen (secondary N) is 2. The fourth-order valence-corrected chi connectivity index (χ4v) is 4.10. The summed E-state index contributed by atoms with van der Waals surface area (Å²) in [6.07, 6.45) is 1.60. The molecule has 0 aliphatic carbocycles. The van der Waals surface area contributed by atoms with Gasteiger partial charge in [0.25, 0.3) is 5.91 Å². The molecule has 3 N–H and O–H groups in total. The zero-order chi connectivity index (χ0) is 16.1. The molecule has 2 aromatic carbocycles. The van der Waals surface area contributed by atoms with E-state index in [4.69, 9.17) is 0 Å². The van der Waals surface area contributed by atoms with Crippen molar-refractivity contribution in [2.45, 2.75) is 0 Å². The maximum Gasteiger partial charge on any atom is 0.271 e. The van der Waals surface area contributed by atoms with Crippen LogP contribution in [0.2, 0.25) is 0 Å². The second-order valence-corrected chi connectivity index (χ2v) is 6.68. The van der Waals surface area contributed by atoms with Crippen LogP contribution in [0.4, 0.5) is 5.69 Å². The smallest absolute Gasteiger partial charge is 0.271 e. The van der Waals surface area contributed by atoms with Gasteiger partial charge in [-0.05, 0) is 87.1 Å². The number of hydrogen-bond donors (Lipinski definition) is 3. The van der Waals surface area contributed by atoms with Crippen LogP contribution in [0.15, 0.2) is 41.5 Å². The third kappa shape index (κ3) is 4.32. The molecule has 114 valence electrons. The lowest BCUT2D eigenvalue weighted by molar-refractivity contribution is 0.0955. The molecule has 22 heavy (non-hydrogen) atoms. The minimum Gasteiger partial charge on any atom is -0.508 e. The van der Waals surface area contributed by atoms with Gasteiger partial charge in [-0.3, -0.25) is 4.79 Å². The second-order valence-electron chi connectivity index (χ2n) is 4.36. The molecular weight excluding hydrogens is 508 g/mol. The van der Waals surface area contributed by atoms with E-state index in [1.165, 1.54) is 24.3 Å². The third-order valence-corrected chi connectivity index (χ3v) is 4.53. The van der Waals surface area contributed by atoms with Gasteiger partial charge in [-0.2, -0.15) is 5.10 Å². The number of benzene rings is 2. The molecule has 0 radical (unpaired) electrons. The molecular formula is C15H13I2N3O2. The lowest BCUT2D eigenvalue weighted by Crippen LogP contribution is -2.17. The number of amides is 1. The molecule has 0 unspecified atom stereocenters. The Labute approximate surface area is 155 Å². The summed E-state index contributed by atoms with van der Waals surface area (Å²) in [6, 6.07) is 9.94. The Morgan fingerprint density at radius 3 is 2.32 bits per heavy atom. The summed E-state index contributed by atoms with van der Waals surface area (Å²) >= 11 is 4.50. The van der Waals surface area contributed by atoms with E-state index in [0.717, 1.165) is 18.4 Å². The molecule has 0 aliphatic heterocycles. The second kappa shape index (κ2) is 7.77. The number of hydrazone groups is 1. The van der Waals surface area contributed by atoms with Crippen molar-refractivity contribution in [1.82, 2.24) is 5.43 Å². The number of halogens is 2. The molecule has 2 aromatic rings. The van der Waals surface area contributed by atoms with Crippen molar-refractivity contribution in [3.63, 3.8) is 0 Å². The standard InChI is InChI=1S/C15H13I2N3O2/c1-18-14-12(16)6-9(7-13(14)17)8-19-20-15(22)10-2-4-11(21)5-3-10/h2-8,18,21H,1H3,(H,20,22)/b19-8-. The highest BCUT2D eigenvalue weighted by molar-refractivity contribution is 14.1. The van der Waals surface area contributed by atoms with Gasteiger partial charge in [0.2, 0.25) is 0 Å². The number of anilines is 1. The molecule has 0 atom stereocenters. The molecule has 2 rings (SSSR count). The number of nitrogens with zero attached hydrogens (tertiary/aromatic N) is 1. The van der Waals surface area contributed by atoms with Crippen molar-refractivity contribution in [3.8, 4) is 5.75 Å². The van der Waals surface area contributed by atoms with Crippen molar-refractivity contribution < 1.29 is 9.90 Å². The molecule has 0 heterocycles. The number of phenolic OH excluding ortho intramolecular Hbond substituents is 1. The van der Waals surface area contributed by atoms with Gasteiger partial charge in [-0.15, -0.1) is 0 Å². The average molecular weight is 521 g/mol. The van der Waals surface area contributed by atoms with Crippen LogP contribution in [-0.2, 0) is 0 Å². The van der Waals surface area contributed by atoms with Crippen molar-refractivity contribution in [1.29, 1.82) is 0 Å². The maximum atomic E-state index is 11.9. The quantitative estimate of drug-likeness (QED) is 0.328. The molecule has 7 heteroatoms. The van der Waals surface area contributed by atoms with Gasteiger partial charge in [0, 0.05) is 19.8 Å². The van der Waals surface area contributed by atoms with E-state index in [0.29, 0.717) is 5.56 Å². The van der Waals surface area contributed by atoms with Crippen molar-refractivity contribution in [2.75, 3.05) is 12.4 Å². The van der Waals surface area contributed by atoms with Crippen LogP contribution in [0.1, 0.15) is 15.9 Å². The summed E-state index contributed by atoms with van der Waals surface area (Å²) in [5.74, 6) is -0.207. The maximum absolute atomic E-state index is 11.9. The summed E-state index contributed by atoms with van der Waals surface area (Å²) in [4.78, 5) is 11.9. The fourth-order valence-electron chi connectivity index (χ4n) is 1.75. The topological polar surface area (TPSA) is 73.7 Å². The van der Waals surface area contributed by atoms with Gasteiger partial charge < -0.3 is 10.4 Å². The summed E-state index contributed by atoms with van der Waals surface area (Å²) in [5.41, 5.74) is 4.87. The van der Waals surface area contributed by atoms with E-state index in [9.17, 15) is 9.90 Å². The van der Waals surface area contributed by atoms with Crippen LogP contribution >= 0.6 is 45.2 Å². The van der Waals surface area contributed by atoms with Crippen LogP contribution in [0.3, 0.4) is 0 Å². The predicted octanol–water partition coefficient (Wildman–Crippen LogP) is 3.41. The molecule has 0 aliphatic rings. The zero-order valence-corrected chi connectivity index (χ0v) is 15.9. The van der Waals surface area contributed by atoms with Crippen molar-refractivity contribution in [2.24, 2.45) is 5.10 Å². The van der Waals surface area contributed by atoms with Gasteiger partial charge in [-0.1, -0.05) is 0 Å². The van der Waals surface area contributed by atoms with E-state index in [-0.39, 0.29) is 11.7 Å². The van der Waals surface area contributed by atoms with Gasteiger partial charge >= 0.3 is 0 Å². The summed E-state index contributed by atoms with van der Waals surface area (Å²) < 4.78 is 2.16. The lowest BCUT2D eigenvalue weighted by Gasteiger charge is -2.07. The largest absolute Gasteiger partial charge is 0.508 e. The first-order chi connectivity index (χ1) is 10.5. The molecule has 1 amide bonds. The monoisotopic (exact) mass is 521 g/mol. The van der Waals surface area contributed by atoms with Crippen LogP contribution < -0.4 is 10.7 Å². The third-order valence-electron chi connectivity index (χ3n) is 2.82. The number of carbonyl (C=O) groups excluding carboxylic acids is 1. The molecule has 0 spiro atoms. The molecule has 0 bridgehead atoms. The first kappa shape index (κ1) is 17.0. The molecule has 0 saturated heterocycles. The van der Waals surface area contributed by atoms with E-state index in [2.05, 4.69) is 61.0 Å². The Hall–Kier alpha value is -1.36. The number of hydrogen-bond acceptors (Lipinski definition) is 4. The predicted molar refractivity (Wildman–Crippen MR) is 105 cm³/mol. The van der Waals surface area contributed by atoms with Crippen LogP contribution in [0.5, 0.6) is 5.75 Å². The molecule has 0 saturated carbocycles. The van der Waals surface area contributed by atoms with Crippen molar-refractivity contribution >= 4 is 63.0 Å². The van der Waals surface area contributed by atoms with E-state index in [1.54, 1.807) is 6.21 Å². The highest BCUT2D eigenvalue weighted by Gasteiger charge is 2.06. The Morgan fingerprint density at radius 2 is 1.77 bits per heavy atom. The van der Waals surface area contributed by atoms with Crippen LogP contribution in [0.25, 0.3) is 0 Å². The molecule has 0 fully saturated rings. The van der Waals surface area contributed by atoms with Gasteiger partial charge in [0.05, 0.1) is 11.9 Å². The van der Waals surface area contributed by atoms with E-state index in [1.807, 2.05) is 19.2 Å². The average Bonchev–Trinajstić information content (AvgIpc) is 2.47. The SMILES string of the molecule is CNc1c(I)cc(/C=N\NC(=O)c2ccc(O)cc2)cc1I. The van der Waals surface area contributed by atoms with Crippen molar-refractivity contribution in [3.05, 3.63) is 54.7 Å². The van der Waals surface area contributed by atoms with Crippen LogP contribution in [0, 0.1) is 7.14 Å². The number of phenols is 1. The Bertz CT molecular complexity index is 692. The summed E-state index contributed by atoms with van der Waals surface area (Å²) in [7, 11) is 1.88. The fraction of sp³-hybridized carbons (Fsp3) is 0.0667. The number of rotatable bonds is 4. The molecule has 0 aromatic heterocycles. The highest BCUT2D eigenvalue weighted by atomic mass is 127. The minimum absolute atomic E-state index is 0.119. The lowest BCUT2D eigenvalue weighted by atomic mass is 10.2. The van der Waals surface area contributed by atoms with Gasteiger partial charge in [-0.25, -0.2) is 5.43 Å². The van der Waals surface area contributed by atoms with E-state index >= 15 is 0 Å². The minimum atomic E-state index is -0.326. The molecule has 5 nitrogen and oxygen atoms in total. The Kier molecular flexibility index (Phi) is 6.00. The summed E-state index contributed by atoms with van der Waals surface area (Å²) in [6.45, 7) is 0. The van der Waals surface area contributed by atoms with Gasteiger partial charge in [0.15, 0.2) is 0 Å². The summed E-state index contributed by atoms with van der Waals surface area (Å²) in [5, 5.41) is 16.3. The number of carbonyl (C=O) groups is 1. The van der Waals surface area contributed by atoms with Crippen LogP contribution in [-0.4, -0.2) is 24.3 Å². The van der Waals surface area contributed by atoms with E-state index < -0.39 is 0 Å².